The van der Waals surface area contributed by atoms with Crippen molar-refractivity contribution in [2.45, 2.75) is 13.5 Å². The first-order valence-corrected chi connectivity index (χ1v) is 6.11. The summed E-state index contributed by atoms with van der Waals surface area (Å²) in [5.41, 5.74) is 6.32. The van der Waals surface area contributed by atoms with Crippen molar-refractivity contribution >= 4 is 28.8 Å². The summed E-state index contributed by atoms with van der Waals surface area (Å²) < 4.78 is 13.2. The first-order chi connectivity index (χ1) is 7.91. The monoisotopic (exact) mass is 274 g/mol. The predicted octanol–water partition coefficient (Wildman–Crippen LogP) is 2.83. The Morgan fingerprint density at radius 1 is 1.59 bits per heavy atom. The highest BCUT2D eigenvalue weighted by Crippen LogP contribution is 2.20. The van der Waals surface area contributed by atoms with Crippen molar-refractivity contribution in [2.24, 2.45) is 11.7 Å². The van der Waals surface area contributed by atoms with Crippen LogP contribution in [0.1, 0.15) is 12.5 Å². The maximum absolute atomic E-state index is 13.2. The summed E-state index contributed by atoms with van der Waals surface area (Å²) in [6.07, 6.45) is 0. The van der Waals surface area contributed by atoms with Crippen molar-refractivity contribution in [3.8, 4) is 0 Å². The summed E-state index contributed by atoms with van der Waals surface area (Å²) in [5, 5.41) is 0.183. The minimum Gasteiger partial charge on any atom is -0.393 e. The van der Waals surface area contributed by atoms with E-state index in [0.29, 0.717) is 11.5 Å². The zero-order valence-electron chi connectivity index (χ0n) is 9.91. The van der Waals surface area contributed by atoms with Crippen LogP contribution in [-0.2, 0) is 6.54 Å². The third-order valence-electron chi connectivity index (χ3n) is 2.54. The smallest absolute Gasteiger partial charge is 0.142 e. The Balaban J connectivity index is 2.65. The molecule has 1 atom stereocenters. The number of rotatable bonds is 5. The van der Waals surface area contributed by atoms with Gasteiger partial charge in [0, 0.05) is 19.0 Å². The fourth-order valence-corrected chi connectivity index (χ4v) is 1.84. The van der Waals surface area contributed by atoms with Gasteiger partial charge in [0.05, 0.1) is 10.0 Å². The maximum Gasteiger partial charge on any atom is 0.142 e. The molecule has 0 aliphatic rings. The van der Waals surface area contributed by atoms with Gasteiger partial charge in [-0.05, 0) is 18.7 Å². The Morgan fingerprint density at radius 3 is 2.82 bits per heavy atom. The Morgan fingerprint density at radius 2 is 2.24 bits per heavy atom. The van der Waals surface area contributed by atoms with E-state index in [0.717, 1.165) is 12.1 Å². The van der Waals surface area contributed by atoms with Gasteiger partial charge in [-0.15, -0.1) is 0 Å². The number of nitrogens with two attached hydrogens (primary N) is 1. The van der Waals surface area contributed by atoms with Crippen LogP contribution in [0.2, 0.25) is 5.02 Å². The number of thiocarbonyl (C=S) groups is 1. The third-order valence-corrected chi connectivity index (χ3v) is 3.37. The van der Waals surface area contributed by atoms with E-state index in [1.807, 2.05) is 24.9 Å². The van der Waals surface area contributed by atoms with Crippen LogP contribution in [0, 0.1) is 11.7 Å². The highest BCUT2D eigenvalue weighted by Gasteiger charge is 2.12. The molecule has 2 nitrogen and oxygen atoms in total. The van der Waals surface area contributed by atoms with Gasteiger partial charge in [0.2, 0.25) is 0 Å². The lowest BCUT2D eigenvalue weighted by molar-refractivity contribution is 0.307. The summed E-state index contributed by atoms with van der Waals surface area (Å²) in [4.78, 5) is 2.51. The van der Waals surface area contributed by atoms with Crippen LogP contribution in [0.3, 0.4) is 0 Å². The molecule has 0 spiro atoms. The number of nitrogens with zero attached hydrogens (tertiary/aromatic N) is 1. The maximum atomic E-state index is 13.2. The average Bonchev–Trinajstić information content (AvgIpc) is 2.24. The van der Waals surface area contributed by atoms with Gasteiger partial charge in [-0.2, -0.15) is 0 Å². The molecule has 1 aromatic rings. The van der Waals surface area contributed by atoms with Crippen molar-refractivity contribution in [3.05, 3.63) is 34.6 Å². The quantitative estimate of drug-likeness (QED) is 0.838. The zero-order chi connectivity index (χ0) is 13.0. The molecule has 1 unspecified atom stereocenters. The Hall–Kier alpha value is -0.710. The van der Waals surface area contributed by atoms with Crippen molar-refractivity contribution in [1.82, 2.24) is 4.90 Å². The molecule has 0 saturated heterocycles. The second-order valence-corrected chi connectivity index (χ2v) is 5.06. The first-order valence-electron chi connectivity index (χ1n) is 5.32. The summed E-state index contributed by atoms with van der Waals surface area (Å²) in [5.74, 6) is -0.262. The van der Waals surface area contributed by atoms with Crippen LogP contribution in [0.15, 0.2) is 18.2 Å². The predicted molar refractivity (Wildman–Crippen MR) is 73.7 cm³/mol. The zero-order valence-corrected chi connectivity index (χ0v) is 11.5. The molecule has 0 saturated carbocycles. The summed E-state index contributed by atoms with van der Waals surface area (Å²) >= 11 is 10.8. The van der Waals surface area contributed by atoms with Crippen molar-refractivity contribution in [1.29, 1.82) is 0 Å². The first kappa shape index (κ1) is 14.4. The van der Waals surface area contributed by atoms with Crippen molar-refractivity contribution in [2.75, 3.05) is 13.6 Å². The fraction of sp³-hybridized carbons (Fsp3) is 0.417. The second kappa shape index (κ2) is 6.28. The summed E-state index contributed by atoms with van der Waals surface area (Å²) in [7, 11) is 1.93. The van der Waals surface area contributed by atoms with E-state index in [1.165, 1.54) is 6.07 Å². The number of halogens is 2. The minimum absolute atomic E-state index is 0.127. The summed E-state index contributed by atoms with van der Waals surface area (Å²) in [6.45, 7) is 3.26. The highest BCUT2D eigenvalue weighted by atomic mass is 35.5. The Kier molecular flexibility index (Phi) is 5.31. The number of benzene rings is 1. The van der Waals surface area contributed by atoms with Crippen LogP contribution >= 0.6 is 23.8 Å². The molecule has 1 rings (SSSR count). The lowest BCUT2D eigenvalue weighted by atomic mass is 10.1. The van der Waals surface area contributed by atoms with Crippen LogP contribution in [0.4, 0.5) is 4.39 Å². The summed E-state index contributed by atoms with van der Waals surface area (Å²) in [6, 6.07) is 4.82. The molecule has 0 aromatic heterocycles. The van der Waals surface area contributed by atoms with Crippen molar-refractivity contribution < 1.29 is 4.39 Å². The van der Waals surface area contributed by atoms with Crippen LogP contribution in [0.25, 0.3) is 0 Å². The topological polar surface area (TPSA) is 29.3 Å². The van der Waals surface area contributed by atoms with Gasteiger partial charge in [-0.25, -0.2) is 4.39 Å². The minimum atomic E-state index is -0.389. The molecule has 5 heteroatoms. The molecule has 2 N–H and O–H groups in total. The van der Waals surface area contributed by atoms with Gasteiger partial charge < -0.3 is 10.6 Å². The standard InChI is InChI=1S/C12H16ClFN2S/c1-8(12(15)17)6-16(2)7-9-4-3-5-10(14)11(9)13/h3-5,8H,6-7H2,1-2H3,(H2,15,17). The molecule has 0 radical (unpaired) electrons. The largest absolute Gasteiger partial charge is 0.393 e. The van der Waals surface area contributed by atoms with Gasteiger partial charge in [0.15, 0.2) is 0 Å². The number of hydrogen-bond donors (Lipinski definition) is 1. The molecule has 0 heterocycles. The van der Waals surface area contributed by atoms with E-state index in [1.54, 1.807) is 6.07 Å². The van der Waals surface area contributed by atoms with Gasteiger partial charge in [0.1, 0.15) is 5.82 Å². The molecule has 0 fully saturated rings. The molecular weight excluding hydrogens is 259 g/mol. The van der Waals surface area contributed by atoms with Gasteiger partial charge >= 0.3 is 0 Å². The number of hydrogen-bond acceptors (Lipinski definition) is 2. The fourth-order valence-electron chi connectivity index (χ4n) is 1.58. The van der Waals surface area contributed by atoms with E-state index in [-0.39, 0.29) is 16.8 Å². The van der Waals surface area contributed by atoms with Gasteiger partial charge in [-0.1, -0.05) is 42.9 Å². The molecule has 0 amide bonds. The SMILES string of the molecule is CC(CN(C)Cc1cccc(F)c1Cl)C(N)=S. The van der Waals surface area contributed by atoms with E-state index < -0.39 is 0 Å². The Labute approximate surface area is 112 Å². The lowest BCUT2D eigenvalue weighted by Crippen LogP contribution is -2.31. The Bertz CT molecular complexity index is 411. The van der Waals surface area contributed by atoms with Crippen molar-refractivity contribution in [3.63, 3.8) is 0 Å². The van der Waals surface area contributed by atoms with Crippen LogP contribution in [-0.4, -0.2) is 23.5 Å². The molecule has 17 heavy (non-hydrogen) atoms. The highest BCUT2D eigenvalue weighted by molar-refractivity contribution is 7.80. The van der Waals surface area contributed by atoms with E-state index in [9.17, 15) is 4.39 Å². The normalized spacial score (nSPS) is 12.8. The molecule has 0 aliphatic carbocycles. The lowest BCUT2D eigenvalue weighted by Gasteiger charge is -2.21. The average molecular weight is 275 g/mol. The van der Waals surface area contributed by atoms with Gasteiger partial charge in [0.25, 0.3) is 0 Å². The van der Waals surface area contributed by atoms with E-state index in [4.69, 9.17) is 29.6 Å². The van der Waals surface area contributed by atoms with Crippen LogP contribution in [0.5, 0.6) is 0 Å². The van der Waals surface area contributed by atoms with E-state index >= 15 is 0 Å². The molecule has 0 aliphatic heterocycles. The molecule has 0 bridgehead atoms. The third kappa shape index (κ3) is 4.22. The molecule has 1 aromatic carbocycles. The molecular formula is C12H16ClFN2S. The molecule has 94 valence electrons. The van der Waals surface area contributed by atoms with E-state index in [2.05, 4.69) is 0 Å². The second-order valence-electron chi connectivity index (χ2n) is 4.21. The van der Waals surface area contributed by atoms with Gasteiger partial charge in [-0.3, -0.25) is 0 Å². The van der Waals surface area contributed by atoms with Crippen LogP contribution < -0.4 is 5.73 Å².